The number of ether oxygens (including phenoxy) is 1. The molecule has 1 saturated heterocycles. The number of hydrogen-bond donors (Lipinski definition) is 2. The third-order valence-electron chi connectivity index (χ3n) is 2.85. The van der Waals surface area contributed by atoms with Crippen molar-refractivity contribution in [3.63, 3.8) is 0 Å². The van der Waals surface area contributed by atoms with Gasteiger partial charge in [-0.15, -0.1) is 0 Å². The molecule has 3 rings (SSSR count). The molecule has 0 saturated carbocycles. The Morgan fingerprint density at radius 1 is 1.33 bits per heavy atom. The zero-order valence-electron chi connectivity index (χ0n) is 10.9. The molecule has 0 spiro atoms. The molecule has 1 aliphatic rings. The summed E-state index contributed by atoms with van der Waals surface area (Å²) in [4.78, 5) is 11.4. The summed E-state index contributed by atoms with van der Waals surface area (Å²) in [6, 6.07) is 1.95. The van der Waals surface area contributed by atoms with E-state index in [-0.39, 0.29) is 6.10 Å². The summed E-state index contributed by atoms with van der Waals surface area (Å²) in [5.74, 6) is 0.681. The first-order valence-corrected chi connectivity index (χ1v) is 6.59. The Balaban J connectivity index is 0.000000574. The van der Waals surface area contributed by atoms with Gasteiger partial charge in [-0.05, 0) is 25.5 Å². The second-order valence-electron chi connectivity index (χ2n) is 4.00. The molecular weight excluding hydrogens is 228 g/mol. The maximum absolute atomic E-state index is 5.89. The molecule has 2 aromatic heterocycles. The van der Waals surface area contributed by atoms with Gasteiger partial charge in [-0.25, -0.2) is 9.97 Å². The smallest absolute Gasteiger partial charge is 0.226 e. The lowest BCUT2D eigenvalue weighted by atomic mass is 10.1. The van der Waals surface area contributed by atoms with Crippen LogP contribution >= 0.6 is 0 Å². The first kappa shape index (κ1) is 12.8. The Morgan fingerprint density at radius 3 is 3.00 bits per heavy atom. The molecule has 0 aromatic carbocycles. The van der Waals surface area contributed by atoms with Crippen LogP contribution in [0.1, 0.15) is 26.7 Å². The Morgan fingerprint density at radius 2 is 2.22 bits per heavy atom. The molecule has 1 atom stereocenters. The highest BCUT2D eigenvalue weighted by atomic mass is 16.5. The van der Waals surface area contributed by atoms with Gasteiger partial charge in [0.05, 0.1) is 5.39 Å². The lowest BCUT2D eigenvalue weighted by Gasteiger charge is -2.23. The maximum Gasteiger partial charge on any atom is 0.226 e. The Bertz CT molecular complexity index is 477. The number of aromatic amines is 1. The second-order valence-corrected chi connectivity index (χ2v) is 4.00. The maximum atomic E-state index is 5.89. The van der Waals surface area contributed by atoms with E-state index < -0.39 is 0 Å². The normalized spacial score (nSPS) is 19.1. The van der Waals surface area contributed by atoms with Crippen LogP contribution in [0.4, 0.5) is 0 Å². The van der Waals surface area contributed by atoms with E-state index in [1.54, 1.807) is 0 Å². The minimum absolute atomic E-state index is 0.224. The van der Waals surface area contributed by atoms with Gasteiger partial charge in [0.2, 0.25) is 5.88 Å². The molecule has 2 N–H and O–H groups in total. The predicted molar refractivity (Wildman–Crippen MR) is 71.8 cm³/mol. The van der Waals surface area contributed by atoms with Crippen molar-refractivity contribution in [1.82, 2.24) is 20.3 Å². The molecule has 5 heteroatoms. The van der Waals surface area contributed by atoms with Crippen molar-refractivity contribution in [2.45, 2.75) is 32.8 Å². The number of rotatable bonds is 2. The SMILES string of the molecule is CC.c1nc(OC2CCCNC2)c2cc[nH]c2n1. The minimum Gasteiger partial charge on any atom is -0.472 e. The van der Waals surface area contributed by atoms with Crippen molar-refractivity contribution in [3.05, 3.63) is 18.6 Å². The van der Waals surface area contributed by atoms with E-state index in [4.69, 9.17) is 4.74 Å². The van der Waals surface area contributed by atoms with Crippen molar-refractivity contribution < 1.29 is 4.74 Å². The average Bonchev–Trinajstić information content (AvgIpc) is 2.92. The van der Waals surface area contributed by atoms with E-state index in [2.05, 4.69) is 20.3 Å². The first-order valence-electron chi connectivity index (χ1n) is 6.59. The lowest BCUT2D eigenvalue weighted by Crippen LogP contribution is -2.37. The van der Waals surface area contributed by atoms with Crippen LogP contribution in [0.25, 0.3) is 11.0 Å². The monoisotopic (exact) mass is 248 g/mol. The highest BCUT2D eigenvalue weighted by Crippen LogP contribution is 2.22. The summed E-state index contributed by atoms with van der Waals surface area (Å²) in [6.07, 6.45) is 5.85. The van der Waals surface area contributed by atoms with Gasteiger partial charge in [-0.2, -0.15) is 0 Å². The fourth-order valence-electron chi connectivity index (χ4n) is 2.02. The van der Waals surface area contributed by atoms with Crippen LogP contribution in [0, 0.1) is 0 Å². The summed E-state index contributed by atoms with van der Waals surface area (Å²) >= 11 is 0. The topological polar surface area (TPSA) is 62.8 Å². The van der Waals surface area contributed by atoms with Crippen LogP contribution in [0.2, 0.25) is 0 Å². The minimum atomic E-state index is 0.224. The van der Waals surface area contributed by atoms with Crippen molar-refractivity contribution in [2.24, 2.45) is 0 Å². The largest absolute Gasteiger partial charge is 0.472 e. The van der Waals surface area contributed by atoms with E-state index in [1.165, 1.54) is 6.33 Å². The number of piperidine rings is 1. The van der Waals surface area contributed by atoms with E-state index in [0.29, 0.717) is 5.88 Å². The molecule has 1 fully saturated rings. The molecule has 0 radical (unpaired) electrons. The van der Waals surface area contributed by atoms with Crippen LogP contribution in [0.5, 0.6) is 5.88 Å². The summed E-state index contributed by atoms with van der Waals surface area (Å²) in [5.41, 5.74) is 0.828. The van der Waals surface area contributed by atoms with Crippen molar-refractivity contribution in [1.29, 1.82) is 0 Å². The average molecular weight is 248 g/mol. The molecule has 98 valence electrons. The molecule has 1 unspecified atom stereocenters. The van der Waals surface area contributed by atoms with Gasteiger partial charge in [0.15, 0.2) is 0 Å². The standard InChI is InChI=1S/C11H14N4O.C2H6/c1-2-8(6-12-4-1)16-11-9-3-5-13-10(9)14-7-15-11;1-2/h3,5,7-8,12H,1-2,4,6H2,(H,13,14,15);1-2H3. The van der Waals surface area contributed by atoms with Crippen molar-refractivity contribution in [2.75, 3.05) is 13.1 Å². The summed E-state index contributed by atoms with van der Waals surface area (Å²) in [7, 11) is 0. The van der Waals surface area contributed by atoms with Gasteiger partial charge >= 0.3 is 0 Å². The number of nitrogens with zero attached hydrogens (tertiary/aromatic N) is 2. The Kier molecular flexibility index (Phi) is 4.52. The van der Waals surface area contributed by atoms with Gasteiger partial charge in [-0.1, -0.05) is 13.8 Å². The first-order chi connectivity index (χ1) is 8.93. The summed E-state index contributed by atoms with van der Waals surface area (Å²) < 4.78 is 5.89. The van der Waals surface area contributed by atoms with Crippen LogP contribution < -0.4 is 10.1 Å². The van der Waals surface area contributed by atoms with Gasteiger partial charge in [0.25, 0.3) is 0 Å². The summed E-state index contributed by atoms with van der Waals surface area (Å²) in [6.45, 7) is 5.99. The van der Waals surface area contributed by atoms with Gasteiger partial charge in [-0.3, -0.25) is 0 Å². The number of aromatic nitrogens is 3. The van der Waals surface area contributed by atoms with Crippen molar-refractivity contribution in [3.8, 4) is 5.88 Å². The molecular formula is C13H20N4O. The third kappa shape index (κ3) is 2.79. The molecule has 0 bridgehead atoms. The molecule has 0 aliphatic carbocycles. The number of hydrogen-bond acceptors (Lipinski definition) is 4. The fraction of sp³-hybridized carbons (Fsp3) is 0.538. The molecule has 5 nitrogen and oxygen atoms in total. The summed E-state index contributed by atoms with van der Waals surface area (Å²) in [5, 5.41) is 4.27. The molecule has 18 heavy (non-hydrogen) atoms. The zero-order chi connectivity index (χ0) is 12.8. The van der Waals surface area contributed by atoms with Gasteiger partial charge < -0.3 is 15.0 Å². The van der Waals surface area contributed by atoms with Gasteiger partial charge in [0, 0.05) is 12.7 Å². The third-order valence-corrected chi connectivity index (χ3v) is 2.85. The Labute approximate surface area is 107 Å². The lowest BCUT2D eigenvalue weighted by molar-refractivity contribution is 0.162. The molecule has 3 heterocycles. The number of fused-ring (bicyclic) bond motifs is 1. The van der Waals surface area contributed by atoms with Crippen molar-refractivity contribution >= 4 is 11.0 Å². The fourth-order valence-corrected chi connectivity index (χ4v) is 2.02. The van der Waals surface area contributed by atoms with E-state index in [1.807, 2.05) is 26.1 Å². The molecule has 0 amide bonds. The number of nitrogens with one attached hydrogen (secondary N) is 2. The molecule has 1 aliphatic heterocycles. The Hall–Kier alpha value is -1.62. The molecule has 2 aromatic rings. The number of H-pyrrole nitrogens is 1. The highest BCUT2D eigenvalue weighted by Gasteiger charge is 2.16. The van der Waals surface area contributed by atoms with Crippen LogP contribution in [-0.2, 0) is 0 Å². The van der Waals surface area contributed by atoms with Crippen LogP contribution in [0.15, 0.2) is 18.6 Å². The van der Waals surface area contributed by atoms with Crippen LogP contribution in [-0.4, -0.2) is 34.1 Å². The van der Waals surface area contributed by atoms with Crippen LogP contribution in [0.3, 0.4) is 0 Å². The quantitative estimate of drug-likeness (QED) is 0.854. The second kappa shape index (κ2) is 6.35. The van der Waals surface area contributed by atoms with E-state index in [9.17, 15) is 0 Å². The van der Waals surface area contributed by atoms with E-state index >= 15 is 0 Å². The highest BCUT2D eigenvalue weighted by molar-refractivity contribution is 5.80. The van der Waals surface area contributed by atoms with Gasteiger partial charge in [0.1, 0.15) is 18.1 Å². The van der Waals surface area contributed by atoms with E-state index in [0.717, 1.165) is 37.0 Å². The zero-order valence-corrected chi connectivity index (χ0v) is 10.9. The predicted octanol–water partition coefficient (Wildman–Crippen LogP) is 2.11.